The van der Waals surface area contributed by atoms with Crippen molar-refractivity contribution in [3.05, 3.63) is 0 Å². The highest BCUT2D eigenvalue weighted by atomic mass is 16.5. The molecule has 0 radical (unpaired) electrons. The molecule has 1 fully saturated rings. The molecule has 0 aromatic heterocycles. The van der Waals surface area contributed by atoms with Crippen LogP contribution in [0.2, 0.25) is 0 Å². The number of nitrogens with zero attached hydrogens (tertiary/aromatic N) is 1. The van der Waals surface area contributed by atoms with E-state index in [0.717, 1.165) is 0 Å². The molecule has 2 heteroatoms. The summed E-state index contributed by atoms with van der Waals surface area (Å²) in [5, 5.41) is 8.24. The van der Waals surface area contributed by atoms with Crippen LogP contribution in [0, 0.1) is 16.9 Å². The highest BCUT2D eigenvalue weighted by molar-refractivity contribution is 4.78. The second-order valence-electron chi connectivity index (χ2n) is 3.75. The molecule has 0 unspecified atom stereocenters. The molecule has 62 valence electrons. The largest absolute Gasteiger partial charge is 0.427 e. The first kappa shape index (κ1) is 8.39. The van der Waals surface area contributed by atoms with Crippen LogP contribution in [0.3, 0.4) is 0 Å². The van der Waals surface area contributed by atoms with E-state index in [1.54, 1.807) is 6.26 Å². The van der Waals surface area contributed by atoms with Crippen molar-refractivity contribution in [1.82, 2.24) is 0 Å². The molecule has 0 N–H and O–H groups in total. The number of nitriles is 1. The third-order valence-electron chi connectivity index (χ3n) is 2.55. The number of hydrogen-bond acceptors (Lipinski definition) is 2. The van der Waals surface area contributed by atoms with Crippen molar-refractivity contribution in [2.45, 2.75) is 39.0 Å². The standard InChI is InChI=1S/C9H15NO/c1-9(7-11-8-10)5-3-2-4-6-9/h2-7H2,1H3. The summed E-state index contributed by atoms with van der Waals surface area (Å²) >= 11 is 0. The lowest BCUT2D eigenvalue weighted by molar-refractivity contribution is 0.0953. The Kier molecular flexibility index (Phi) is 2.76. The van der Waals surface area contributed by atoms with Gasteiger partial charge in [-0.15, -0.1) is 0 Å². The van der Waals surface area contributed by atoms with Crippen LogP contribution in [0.15, 0.2) is 0 Å². The lowest BCUT2D eigenvalue weighted by atomic mass is 9.76. The van der Waals surface area contributed by atoms with E-state index < -0.39 is 0 Å². The molecule has 0 saturated heterocycles. The van der Waals surface area contributed by atoms with Gasteiger partial charge in [-0.1, -0.05) is 26.2 Å². The Bertz CT molecular complexity index is 153. The zero-order valence-electron chi connectivity index (χ0n) is 7.10. The van der Waals surface area contributed by atoms with Gasteiger partial charge in [0, 0.05) is 5.41 Å². The minimum atomic E-state index is 0.286. The van der Waals surface area contributed by atoms with Gasteiger partial charge in [-0.25, -0.2) is 0 Å². The van der Waals surface area contributed by atoms with Crippen LogP contribution in [0.5, 0.6) is 0 Å². The van der Waals surface area contributed by atoms with Crippen molar-refractivity contribution in [3.63, 3.8) is 0 Å². The normalized spacial score (nSPS) is 22.2. The SMILES string of the molecule is CC1(COC#N)CCCCC1. The Morgan fingerprint density at radius 2 is 2.00 bits per heavy atom. The molecule has 0 atom stereocenters. The molecule has 1 aliphatic rings. The van der Waals surface area contributed by atoms with Gasteiger partial charge in [0.15, 0.2) is 0 Å². The second-order valence-corrected chi connectivity index (χ2v) is 3.75. The Labute approximate surface area is 68.2 Å². The maximum absolute atomic E-state index is 8.24. The van der Waals surface area contributed by atoms with Gasteiger partial charge >= 0.3 is 0 Å². The predicted octanol–water partition coefficient (Wildman–Crippen LogP) is 2.45. The van der Waals surface area contributed by atoms with E-state index in [2.05, 4.69) is 6.92 Å². The van der Waals surface area contributed by atoms with Crippen molar-refractivity contribution < 1.29 is 4.74 Å². The summed E-state index contributed by atoms with van der Waals surface area (Å²) in [7, 11) is 0. The van der Waals surface area contributed by atoms with Gasteiger partial charge in [-0.3, -0.25) is 0 Å². The van der Waals surface area contributed by atoms with E-state index in [4.69, 9.17) is 10.00 Å². The zero-order valence-corrected chi connectivity index (χ0v) is 7.10. The number of hydrogen-bond donors (Lipinski definition) is 0. The Morgan fingerprint density at radius 3 is 2.55 bits per heavy atom. The fourth-order valence-electron chi connectivity index (χ4n) is 1.76. The monoisotopic (exact) mass is 153 g/mol. The van der Waals surface area contributed by atoms with Crippen LogP contribution in [-0.4, -0.2) is 6.61 Å². The summed E-state index contributed by atoms with van der Waals surface area (Å²) in [5.74, 6) is 0. The molecule has 0 aliphatic heterocycles. The summed E-state index contributed by atoms with van der Waals surface area (Å²) in [4.78, 5) is 0. The third kappa shape index (κ3) is 2.42. The van der Waals surface area contributed by atoms with E-state index in [0.29, 0.717) is 6.61 Å². The Morgan fingerprint density at radius 1 is 1.36 bits per heavy atom. The summed E-state index contributed by atoms with van der Waals surface area (Å²) in [6.07, 6.45) is 8.12. The van der Waals surface area contributed by atoms with E-state index >= 15 is 0 Å². The van der Waals surface area contributed by atoms with Crippen LogP contribution in [0.1, 0.15) is 39.0 Å². The Balaban J connectivity index is 2.32. The van der Waals surface area contributed by atoms with Crippen LogP contribution < -0.4 is 0 Å². The molecule has 1 rings (SSSR count). The maximum Gasteiger partial charge on any atom is 0.286 e. The van der Waals surface area contributed by atoms with Gasteiger partial charge in [-0.2, -0.15) is 5.26 Å². The average Bonchev–Trinajstić information content (AvgIpc) is 2.03. The zero-order chi connectivity index (χ0) is 8.16. The van der Waals surface area contributed by atoms with E-state index in [-0.39, 0.29) is 5.41 Å². The predicted molar refractivity (Wildman–Crippen MR) is 42.8 cm³/mol. The van der Waals surface area contributed by atoms with Crippen LogP contribution in [-0.2, 0) is 4.74 Å². The van der Waals surface area contributed by atoms with Gasteiger partial charge in [0.25, 0.3) is 6.26 Å². The molecule has 1 aliphatic carbocycles. The quantitative estimate of drug-likeness (QED) is 0.571. The average molecular weight is 153 g/mol. The van der Waals surface area contributed by atoms with E-state index in [1.807, 2.05) is 0 Å². The highest BCUT2D eigenvalue weighted by Crippen LogP contribution is 2.35. The van der Waals surface area contributed by atoms with Crippen LogP contribution in [0.25, 0.3) is 0 Å². The van der Waals surface area contributed by atoms with Crippen molar-refractivity contribution in [2.75, 3.05) is 6.61 Å². The van der Waals surface area contributed by atoms with Crippen LogP contribution >= 0.6 is 0 Å². The summed E-state index contributed by atoms with van der Waals surface area (Å²) in [5.41, 5.74) is 0.286. The minimum Gasteiger partial charge on any atom is -0.427 e. The molecule has 1 saturated carbocycles. The lowest BCUT2D eigenvalue weighted by Crippen LogP contribution is -2.25. The van der Waals surface area contributed by atoms with Gasteiger partial charge < -0.3 is 4.74 Å². The van der Waals surface area contributed by atoms with Crippen molar-refractivity contribution in [2.24, 2.45) is 5.41 Å². The van der Waals surface area contributed by atoms with E-state index in [1.165, 1.54) is 32.1 Å². The molecule has 0 aromatic carbocycles. The minimum absolute atomic E-state index is 0.286. The molecule has 0 spiro atoms. The van der Waals surface area contributed by atoms with E-state index in [9.17, 15) is 0 Å². The number of ether oxygens (including phenoxy) is 1. The highest BCUT2D eigenvalue weighted by Gasteiger charge is 2.27. The van der Waals surface area contributed by atoms with Crippen LogP contribution in [0.4, 0.5) is 0 Å². The summed E-state index contributed by atoms with van der Waals surface area (Å²) in [6.45, 7) is 2.83. The smallest absolute Gasteiger partial charge is 0.286 e. The lowest BCUT2D eigenvalue weighted by Gasteiger charge is -2.31. The molecular formula is C9H15NO. The molecule has 11 heavy (non-hydrogen) atoms. The molecule has 0 amide bonds. The van der Waals surface area contributed by atoms with Gasteiger partial charge in [0.2, 0.25) is 0 Å². The molecule has 0 heterocycles. The third-order valence-corrected chi connectivity index (χ3v) is 2.55. The molecular weight excluding hydrogens is 138 g/mol. The fraction of sp³-hybridized carbons (Fsp3) is 0.889. The topological polar surface area (TPSA) is 33.0 Å². The summed E-state index contributed by atoms with van der Waals surface area (Å²) in [6, 6.07) is 0. The van der Waals surface area contributed by atoms with Crippen molar-refractivity contribution in [1.29, 1.82) is 5.26 Å². The first-order valence-corrected chi connectivity index (χ1v) is 4.28. The van der Waals surface area contributed by atoms with Gasteiger partial charge in [0.1, 0.15) is 6.61 Å². The van der Waals surface area contributed by atoms with Crippen molar-refractivity contribution in [3.8, 4) is 6.26 Å². The van der Waals surface area contributed by atoms with Gasteiger partial charge in [0.05, 0.1) is 0 Å². The fourth-order valence-corrected chi connectivity index (χ4v) is 1.76. The number of rotatable bonds is 2. The van der Waals surface area contributed by atoms with Crippen molar-refractivity contribution >= 4 is 0 Å². The summed E-state index contributed by atoms with van der Waals surface area (Å²) < 4.78 is 4.78. The van der Waals surface area contributed by atoms with Gasteiger partial charge in [-0.05, 0) is 12.8 Å². The Hall–Kier alpha value is -0.710. The maximum atomic E-state index is 8.24. The first-order chi connectivity index (χ1) is 5.27. The molecule has 0 aromatic rings. The first-order valence-electron chi connectivity index (χ1n) is 4.28. The molecule has 0 bridgehead atoms. The molecule has 2 nitrogen and oxygen atoms in total. The second kappa shape index (κ2) is 3.61.